The Morgan fingerprint density at radius 2 is 1.68 bits per heavy atom. The normalized spacial score (nSPS) is 11.0. The first-order valence-electron chi connectivity index (χ1n) is 9.77. The van der Waals surface area contributed by atoms with Crippen molar-refractivity contribution in [2.75, 3.05) is 0 Å². The van der Waals surface area contributed by atoms with E-state index in [0.717, 1.165) is 33.6 Å². The molecule has 1 aromatic carbocycles. The van der Waals surface area contributed by atoms with Gasteiger partial charge < -0.3 is 4.98 Å². The molecule has 5 rings (SSSR count). The van der Waals surface area contributed by atoms with Crippen molar-refractivity contribution in [1.82, 2.24) is 19.9 Å². The Labute approximate surface area is 183 Å². The van der Waals surface area contributed by atoms with Crippen molar-refractivity contribution < 1.29 is 0 Å². The van der Waals surface area contributed by atoms with Crippen LogP contribution in [0.1, 0.15) is 5.69 Å². The molecule has 0 saturated heterocycles. The summed E-state index contributed by atoms with van der Waals surface area (Å²) < 4.78 is 0. The number of benzene rings is 1. The lowest BCUT2D eigenvalue weighted by Crippen LogP contribution is -2.06. The monoisotopic (exact) mass is 424 g/mol. The van der Waals surface area contributed by atoms with E-state index in [-0.39, 0.29) is 5.43 Å². The summed E-state index contributed by atoms with van der Waals surface area (Å²) in [5.74, 6) is 0. The van der Waals surface area contributed by atoms with Crippen LogP contribution in [0, 0.1) is 6.92 Å². The molecule has 0 aliphatic carbocycles. The van der Waals surface area contributed by atoms with Gasteiger partial charge in [0.15, 0.2) is 5.43 Å². The Morgan fingerprint density at radius 3 is 2.42 bits per heavy atom. The van der Waals surface area contributed by atoms with E-state index >= 15 is 0 Å². The number of hydrogen-bond donors (Lipinski definition) is 1. The van der Waals surface area contributed by atoms with Crippen LogP contribution in [-0.2, 0) is 0 Å². The number of rotatable bonds is 3. The van der Waals surface area contributed by atoms with Gasteiger partial charge in [-0.1, -0.05) is 41.9 Å². The fourth-order valence-corrected chi connectivity index (χ4v) is 3.92. The fourth-order valence-electron chi connectivity index (χ4n) is 3.67. The topological polar surface area (TPSA) is 71.5 Å². The van der Waals surface area contributed by atoms with E-state index in [1.165, 1.54) is 0 Å². The summed E-state index contributed by atoms with van der Waals surface area (Å²) in [6.45, 7) is 1.89. The Morgan fingerprint density at radius 1 is 0.871 bits per heavy atom. The number of aromatic nitrogens is 4. The first-order valence-corrected chi connectivity index (χ1v) is 10.1. The Bertz CT molecular complexity index is 1440. The van der Waals surface area contributed by atoms with E-state index in [1.54, 1.807) is 24.5 Å². The summed E-state index contributed by atoms with van der Waals surface area (Å²) in [4.78, 5) is 29.6. The number of pyridine rings is 4. The van der Waals surface area contributed by atoms with Gasteiger partial charge in [-0.15, -0.1) is 0 Å². The standard InChI is InChI=1S/C25H17ClN4O/c1-15-10-18(11-23(26)28-15)19-12-20-22(31)13-21(17-8-5-9-27-14-17)29-25(20)30-24(19)16-6-3-2-4-7-16/h2-14H,1H3,(H,29,30,31). The number of nitrogens with one attached hydrogen (secondary N) is 1. The summed E-state index contributed by atoms with van der Waals surface area (Å²) in [6, 6.07) is 20.8. The minimum Gasteiger partial charge on any atom is -0.339 e. The minimum absolute atomic E-state index is 0.113. The number of H-pyrrole nitrogens is 1. The summed E-state index contributed by atoms with van der Waals surface area (Å²) >= 11 is 6.23. The van der Waals surface area contributed by atoms with E-state index in [4.69, 9.17) is 16.6 Å². The SMILES string of the molecule is Cc1cc(-c2cc3c(=O)cc(-c4cccnc4)[nH]c3nc2-c2ccccc2)cc(Cl)n1. The largest absolute Gasteiger partial charge is 0.339 e. The van der Waals surface area contributed by atoms with Crippen LogP contribution in [0.5, 0.6) is 0 Å². The molecule has 1 N–H and O–H groups in total. The summed E-state index contributed by atoms with van der Waals surface area (Å²) in [5.41, 5.74) is 6.09. The molecule has 0 unspecified atom stereocenters. The summed E-state index contributed by atoms with van der Waals surface area (Å²) in [6.07, 6.45) is 3.41. The molecule has 31 heavy (non-hydrogen) atoms. The number of halogens is 1. The minimum atomic E-state index is -0.113. The molecule has 0 fully saturated rings. The maximum absolute atomic E-state index is 13.0. The zero-order valence-corrected chi connectivity index (χ0v) is 17.4. The summed E-state index contributed by atoms with van der Waals surface area (Å²) in [5, 5.41) is 0.905. The molecule has 0 bridgehead atoms. The Hall–Kier alpha value is -3.83. The molecule has 4 heterocycles. The van der Waals surface area contributed by atoms with E-state index in [9.17, 15) is 4.79 Å². The van der Waals surface area contributed by atoms with Gasteiger partial charge in [-0.05, 0) is 42.8 Å². The van der Waals surface area contributed by atoms with Gasteiger partial charge in [0.25, 0.3) is 0 Å². The number of aromatic amines is 1. The van der Waals surface area contributed by atoms with Crippen molar-refractivity contribution in [2.45, 2.75) is 6.92 Å². The smallest absolute Gasteiger partial charge is 0.191 e. The van der Waals surface area contributed by atoms with Crippen molar-refractivity contribution >= 4 is 22.6 Å². The molecule has 0 radical (unpaired) electrons. The molecule has 0 spiro atoms. The van der Waals surface area contributed by atoms with Gasteiger partial charge in [0.05, 0.1) is 16.8 Å². The molecular formula is C25H17ClN4O. The van der Waals surface area contributed by atoms with Crippen LogP contribution in [0.25, 0.3) is 44.7 Å². The van der Waals surface area contributed by atoms with E-state index in [1.807, 2.05) is 61.5 Å². The average Bonchev–Trinajstić information content (AvgIpc) is 2.79. The molecular weight excluding hydrogens is 408 g/mol. The van der Waals surface area contributed by atoms with Crippen LogP contribution in [0.2, 0.25) is 5.15 Å². The van der Waals surface area contributed by atoms with Crippen molar-refractivity contribution in [3.8, 4) is 33.6 Å². The second kappa shape index (κ2) is 7.78. The maximum atomic E-state index is 13.0. The molecule has 0 aliphatic rings. The lowest BCUT2D eigenvalue weighted by molar-refractivity contribution is 1.20. The van der Waals surface area contributed by atoms with Crippen LogP contribution in [0.3, 0.4) is 0 Å². The fraction of sp³-hybridized carbons (Fsp3) is 0.0400. The highest BCUT2D eigenvalue weighted by molar-refractivity contribution is 6.29. The van der Waals surface area contributed by atoms with Gasteiger partial charge in [0, 0.05) is 40.8 Å². The molecule has 5 nitrogen and oxygen atoms in total. The third-order valence-electron chi connectivity index (χ3n) is 5.07. The average molecular weight is 425 g/mol. The molecule has 0 aliphatic heterocycles. The van der Waals surface area contributed by atoms with Gasteiger partial charge in [-0.25, -0.2) is 9.97 Å². The number of hydrogen-bond acceptors (Lipinski definition) is 4. The van der Waals surface area contributed by atoms with Crippen molar-refractivity contribution in [3.05, 3.63) is 100 Å². The van der Waals surface area contributed by atoms with Crippen LogP contribution < -0.4 is 5.43 Å². The number of fused-ring (bicyclic) bond motifs is 1. The molecule has 0 atom stereocenters. The zero-order chi connectivity index (χ0) is 21.4. The second-order valence-corrected chi connectivity index (χ2v) is 7.64. The highest BCUT2D eigenvalue weighted by Crippen LogP contribution is 2.34. The third-order valence-corrected chi connectivity index (χ3v) is 5.26. The lowest BCUT2D eigenvalue weighted by Gasteiger charge is -2.13. The molecule has 150 valence electrons. The Balaban J connectivity index is 1.82. The van der Waals surface area contributed by atoms with E-state index in [0.29, 0.717) is 21.9 Å². The molecule has 4 aromatic heterocycles. The van der Waals surface area contributed by atoms with Crippen LogP contribution in [0.15, 0.2) is 83.9 Å². The van der Waals surface area contributed by atoms with Crippen molar-refractivity contribution in [1.29, 1.82) is 0 Å². The molecule has 0 amide bonds. The number of aryl methyl sites for hydroxylation is 1. The van der Waals surface area contributed by atoms with Crippen LogP contribution in [-0.4, -0.2) is 19.9 Å². The van der Waals surface area contributed by atoms with E-state index in [2.05, 4.69) is 15.0 Å². The van der Waals surface area contributed by atoms with Crippen LogP contribution in [0.4, 0.5) is 0 Å². The van der Waals surface area contributed by atoms with E-state index < -0.39 is 0 Å². The predicted octanol–water partition coefficient (Wildman–Crippen LogP) is 5.68. The second-order valence-electron chi connectivity index (χ2n) is 7.26. The highest BCUT2D eigenvalue weighted by Gasteiger charge is 2.15. The van der Waals surface area contributed by atoms with Gasteiger partial charge in [-0.2, -0.15) is 0 Å². The third kappa shape index (κ3) is 3.71. The van der Waals surface area contributed by atoms with Crippen molar-refractivity contribution in [2.24, 2.45) is 0 Å². The predicted molar refractivity (Wildman–Crippen MR) is 124 cm³/mol. The summed E-state index contributed by atoms with van der Waals surface area (Å²) in [7, 11) is 0. The first-order chi connectivity index (χ1) is 15.1. The zero-order valence-electron chi connectivity index (χ0n) is 16.6. The number of nitrogens with zero attached hydrogens (tertiary/aromatic N) is 3. The molecule has 0 saturated carbocycles. The van der Waals surface area contributed by atoms with Gasteiger partial charge in [0.1, 0.15) is 10.8 Å². The highest BCUT2D eigenvalue weighted by atomic mass is 35.5. The van der Waals surface area contributed by atoms with Gasteiger partial charge in [-0.3, -0.25) is 9.78 Å². The lowest BCUT2D eigenvalue weighted by atomic mass is 9.98. The maximum Gasteiger partial charge on any atom is 0.191 e. The molecule has 5 aromatic rings. The first kappa shape index (κ1) is 19.2. The molecule has 6 heteroatoms. The Kier molecular flexibility index (Phi) is 4.81. The quantitative estimate of drug-likeness (QED) is 0.378. The van der Waals surface area contributed by atoms with Gasteiger partial charge >= 0.3 is 0 Å². The van der Waals surface area contributed by atoms with Crippen LogP contribution >= 0.6 is 11.6 Å². The van der Waals surface area contributed by atoms with Gasteiger partial charge in [0.2, 0.25) is 0 Å². The van der Waals surface area contributed by atoms with Crippen molar-refractivity contribution in [3.63, 3.8) is 0 Å².